The van der Waals surface area contributed by atoms with Gasteiger partial charge in [0.25, 0.3) is 0 Å². The van der Waals surface area contributed by atoms with E-state index in [2.05, 4.69) is 130 Å². The number of pyridine rings is 1. The number of rotatable bonds is 2. The molecule has 5 heteroatoms. The van der Waals surface area contributed by atoms with Crippen molar-refractivity contribution in [3.05, 3.63) is 101 Å². The Morgan fingerprint density at radius 2 is 1.65 bits per heavy atom. The highest BCUT2D eigenvalue weighted by molar-refractivity contribution is 5.90. The van der Waals surface area contributed by atoms with Crippen LogP contribution in [0.25, 0.3) is 27.9 Å². The summed E-state index contributed by atoms with van der Waals surface area (Å²) < 4.78 is 2.20. The molecular formula is C32H37N5+2. The first-order valence-corrected chi connectivity index (χ1v) is 12.8. The van der Waals surface area contributed by atoms with Gasteiger partial charge >= 0.3 is 0 Å². The first-order valence-electron chi connectivity index (χ1n) is 12.8. The molecular weight excluding hydrogens is 454 g/mol. The molecule has 0 saturated heterocycles. The predicted molar refractivity (Wildman–Crippen MR) is 158 cm³/mol. The summed E-state index contributed by atoms with van der Waals surface area (Å²) in [5.74, 6) is 0. The Hall–Kier alpha value is -4.09. The zero-order valence-electron chi connectivity index (χ0n) is 22.6. The molecule has 1 atom stereocenters. The van der Waals surface area contributed by atoms with Crippen molar-refractivity contribution in [1.29, 1.82) is 0 Å². The molecule has 5 nitrogen and oxygen atoms in total. The first-order chi connectivity index (χ1) is 17.7. The molecule has 0 bridgehead atoms. The van der Waals surface area contributed by atoms with Crippen molar-refractivity contribution in [1.82, 2.24) is 0 Å². The van der Waals surface area contributed by atoms with E-state index in [0.29, 0.717) is 6.04 Å². The number of aromatic nitrogens is 1. The van der Waals surface area contributed by atoms with Crippen molar-refractivity contribution in [3.63, 3.8) is 0 Å². The largest absolute Gasteiger partial charge is 0.399 e. The van der Waals surface area contributed by atoms with E-state index in [1.165, 1.54) is 60.5 Å². The normalized spacial score (nSPS) is 15.8. The van der Waals surface area contributed by atoms with E-state index in [1.54, 1.807) is 0 Å². The van der Waals surface area contributed by atoms with Gasteiger partial charge in [-0.15, -0.1) is 0 Å². The molecule has 6 rings (SSSR count). The van der Waals surface area contributed by atoms with Gasteiger partial charge in [0.1, 0.15) is 13.1 Å². The van der Waals surface area contributed by atoms with Gasteiger partial charge in [-0.2, -0.15) is 4.57 Å². The minimum Gasteiger partial charge on any atom is -0.399 e. The summed E-state index contributed by atoms with van der Waals surface area (Å²) in [7, 11) is 10.6. The van der Waals surface area contributed by atoms with E-state index in [-0.39, 0.29) is 0 Å². The lowest BCUT2D eigenvalue weighted by molar-refractivity contribution is -0.871. The Balaban J connectivity index is 0.000000153. The average molecular weight is 492 g/mol. The van der Waals surface area contributed by atoms with Crippen LogP contribution in [0.3, 0.4) is 0 Å². The molecule has 188 valence electrons. The van der Waals surface area contributed by atoms with Crippen LogP contribution in [0.2, 0.25) is 0 Å². The average Bonchev–Trinajstić information content (AvgIpc) is 2.88. The third-order valence-corrected chi connectivity index (χ3v) is 7.21. The molecule has 1 aromatic heterocycles. The lowest BCUT2D eigenvalue weighted by Crippen LogP contribution is -3.09. The van der Waals surface area contributed by atoms with E-state index in [0.717, 1.165) is 5.69 Å². The van der Waals surface area contributed by atoms with E-state index in [9.17, 15) is 0 Å². The smallest absolute Gasteiger partial charge is 0.214 e. The number of anilines is 3. The van der Waals surface area contributed by atoms with Gasteiger partial charge in [0.05, 0.1) is 14.1 Å². The van der Waals surface area contributed by atoms with Gasteiger partial charge in [0.2, 0.25) is 11.0 Å². The maximum absolute atomic E-state index is 5.85. The summed E-state index contributed by atoms with van der Waals surface area (Å²) in [4.78, 5) is 3.55. The van der Waals surface area contributed by atoms with E-state index < -0.39 is 0 Å². The minimum atomic E-state index is 0.438. The van der Waals surface area contributed by atoms with Crippen molar-refractivity contribution in [2.24, 2.45) is 7.05 Å². The van der Waals surface area contributed by atoms with Crippen LogP contribution >= 0.6 is 0 Å². The van der Waals surface area contributed by atoms with Crippen molar-refractivity contribution in [3.8, 4) is 0 Å². The molecule has 1 unspecified atom stereocenters. The molecule has 3 aromatic carbocycles. The highest BCUT2D eigenvalue weighted by Gasteiger charge is 2.21. The lowest BCUT2D eigenvalue weighted by Gasteiger charge is -2.27. The van der Waals surface area contributed by atoms with Crippen LogP contribution in [0, 0.1) is 6.92 Å². The summed E-state index contributed by atoms with van der Waals surface area (Å²) in [5.41, 5.74) is 16.5. The Morgan fingerprint density at radius 3 is 2.38 bits per heavy atom. The van der Waals surface area contributed by atoms with Gasteiger partial charge < -0.3 is 20.9 Å². The SMILES string of the molecule is CN(C)c1ccc2c(c1)NC1=CC([NH+](C)C)C=CC1=C2.Cc1ccc2cc3ccc(N)cc3[n+](C)c2c1. The van der Waals surface area contributed by atoms with Crippen molar-refractivity contribution < 1.29 is 9.47 Å². The van der Waals surface area contributed by atoms with Crippen molar-refractivity contribution in [2.75, 3.05) is 44.1 Å². The van der Waals surface area contributed by atoms with Gasteiger partial charge in [0, 0.05) is 65.8 Å². The molecule has 4 aromatic rings. The van der Waals surface area contributed by atoms with Crippen LogP contribution in [0.5, 0.6) is 0 Å². The first kappa shape index (κ1) is 24.6. The Bertz CT molecular complexity index is 1530. The maximum Gasteiger partial charge on any atom is 0.214 e. The van der Waals surface area contributed by atoms with E-state index in [1.807, 2.05) is 12.1 Å². The number of nitrogens with zero attached hydrogens (tertiary/aromatic N) is 2. The second-order valence-corrected chi connectivity index (χ2v) is 10.5. The van der Waals surface area contributed by atoms with Crippen LogP contribution < -0.4 is 25.4 Å². The quantitative estimate of drug-likeness (QED) is 0.223. The van der Waals surface area contributed by atoms with E-state index in [4.69, 9.17) is 5.73 Å². The number of allylic oxidation sites excluding steroid dienone is 1. The standard InChI is InChI=1S/C17H21N3.C15H14N2/c1-19(2)14-7-5-12-9-13-6-8-15(20(3)4)11-17(13)18-16(12)10-14;1-10-3-4-11-8-12-5-6-13(16)9-15(12)17(2)14(11)7-10/h5-11,14,18H,1-4H3;3-9,16H,1-2H3/p+2. The van der Waals surface area contributed by atoms with Gasteiger partial charge in [0.15, 0.2) is 0 Å². The van der Waals surface area contributed by atoms with Gasteiger partial charge in [-0.25, -0.2) is 0 Å². The number of hydrogen-bond acceptors (Lipinski definition) is 3. The van der Waals surface area contributed by atoms with Crippen LogP contribution in [-0.4, -0.2) is 34.2 Å². The van der Waals surface area contributed by atoms with Gasteiger partial charge in [-0.3, -0.25) is 0 Å². The molecule has 4 N–H and O–H groups in total. The number of aryl methyl sites for hydroxylation is 2. The number of nitrogen functional groups attached to an aromatic ring is 1. The number of nitrogens with one attached hydrogen (secondary N) is 2. The van der Waals surface area contributed by atoms with Gasteiger partial charge in [-0.05, 0) is 72.2 Å². The zero-order valence-corrected chi connectivity index (χ0v) is 22.6. The maximum atomic E-state index is 5.85. The van der Waals surface area contributed by atoms with Crippen LogP contribution in [0.4, 0.5) is 17.1 Å². The fourth-order valence-electron chi connectivity index (χ4n) is 4.93. The summed E-state index contributed by atoms with van der Waals surface area (Å²) in [6.07, 6.45) is 9.07. The zero-order chi connectivity index (χ0) is 26.3. The van der Waals surface area contributed by atoms with Crippen molar-refractivity contribution in [2.45, 2.75) is 13.0 Å². The third-order valence-electron chi connectivity index (χ3n) is 7.21. The molecule has 1 aliphatic heterocycles. The van der Waals surface area contributed by atoms with Gasteiger partial charge in [-0.1, -0.05) is 18.2 Å². The molecule has 0 fully saturated rings. The third kappa shape index (κ3) is 4.95. The van der Waals surface area contributed by atoms with Crippen LogP contribution in [0.15, 0.2) is 90.2 Å². The highest BCUT2D eigenvalue weighted by atomic mass is 15.1. The molecule has 1 aliphatic carbocycles. The molecule has 0 radical (unpaired) electrons. The topological polar surface area (TPSA) is 49.6 Å². The number of hydrogen-bond donors (Lipinski definition) is 3. The highest BCUT2D eigenvalue weighted by Crippen LogP contribution is 2.34. The Kier molecular flexibility index (Phi) is 6.48. The van der Waals surface area contributed by atoms with Crippen LogP contribution in [-0.2, 0) is 7.05 Å². The number of fused-ring (bicyclic) bond motifs is 4. The summed E-state index contributed by atoms with van der Waals surface area (Å²) in [6, 6.07) is 21.8. The lowest BCUT2D eigenvalue weighted by atomic mass is 9.95. The molecule has 0 amide bonds. The number of likely N-dealkylation sites (N-methyl/N-ethyl adjacent to an activating group) is 1. The summed E-state index contributed by atoms with van der Waals surface area (Å²) >= 11 is 0. The summed E-state index contributed by atoms with van der Waals surface area (Å²) in [5, 5.41) is 6.06. The molecule has 0 spiro atoms. The fourth-order valence-corrected chi connectivity index (χ4v) is 4.93. The predicted octanol–water partition coefficient (Wildman–Crippen LogP) is 4.24. The van der Waals surface area contributed by atoms with Crippen molar-refractivity contribution >= 4 is 44.9 Å². The van der Waals surface area contributed by atoms with Crippen LogP contribution in [0.1, 0.15) is 11.1 Å². The molecule has 2 heterocycles. The second kappa shape index (κ2) is 9.75. The Labute approximate surface area is 219 Å². The number of benzene rings is 3. The fraction of sp³-hybridized carbons (Fsp3) is 0.219. The van der Waals surface area contributed by atoms with E-state index >= 15 is 0 Å². The Morgan fingerprint density at radius 1 is 0.919 bits per heavy atom. The minimum absolute atomic E-state index is 0.438. The second-order valence-electron chi connectivity index (χ2n) is 10.5. The molecule has 0 saturated carbocycles. The number of quaternary nitrogens is 1. The molecule has 37 heavy (non-hydrogen) atoms. The monoisotopic (exact) mass is 491 g/mol. The number of nitrogens with two attached hydrogens (primary N) is 1. The summed E-state index contributed by atoms with van der Waals surface area (Å²) in [6.45, 7) is 2.11. The molecule has 2 aliphatic rings.